The van der Waals surface area contributed by atoms with Crippen LogP contribution in [-0.4, -0.2) is 53.3 Å². The topological polar surface area (TPSA) is 131 Å². The van der Waals surface area contributed by atoms with E-state index in [1.165, 1.54) is 30.5 Å². The van der Waals surface area contributed by atoms with E-state index >= 15 is 0 Å². The van der Waals surface area contributed by atoms with E-state index in [1.807, 2.05) is 13.8 Å². The number of fused-ring (bicyclic) bond motifs is 1. The van der Waals surface area contributed by atoms with Crippen molar-refractivity contribution in [3.05, 3.63) is 52.4 Å². The molecule has 0 radical (unpaired) electrons. The van der Waals surface area contributed by atoms with Crippen molar-refractivity contribution in [2.24, 2.45) is 5.92 Å². The summed E-state index contributed by atoms with van der Waals surface area (Å²) < 4.78 is 58.4. The minimum absolute atomic E-state index is 0.00841. The van der Waals surface area contributed by atoms with Gasteiger partial charge in [0.25, 0.3) is 5.56 Å². The average molecular weight is 576 g/mol. The van der Waals surface area contributed by atoms with Gasteiger partial charge in [-0.2, -0.15) is 23.5 Å². The maximum absolute atomic E-state index is 13.6. The molecule has 2 N–H and O–H groups in total. The SMILES string of the molecule is COC(C)(c1ccc(Nc2nn([C@]3(CC#N)CCC(C(=O)OCC(C)C)OC3)c3cc[nH]c(=O)c23)cc1)C(F)(F)F. The normalized spacial score (nSPS) is 20.9. The van der Waals surface area contributed by atoms with Gasteiger partial charge in [0.2, 0.25) is 0 Å². The van der Waals surface area contributed by atoms with Gasteiger partial charge in [-0.05, 0) is 49.4 Å². The number of nitrogens with zero attached hydrogens (tertiary/aromatic N) is 3. The Labute approximate surface area is 234 Å². The minimum atomic E-state index is -4.64. The van der Waals surface area contributed by atoms with Gasteiger partial charge in [-0.15, -0.1) is 0 Å². The highest BCUT2D eigenvalue weighted by atomic mass is 19.4. The zero-order chi connectivity index (χ0) is 30.0. The molecule has 0 bridgehead atoms. The lowest BCUT2D eigenvalue weighted by Crippen LogP contribution is -2.47. The molecular weight excluding hydrogens is 543 g/mol. The number of aromatic amines is 1. The molecule has 1 saturated heterocycles. The van der Waals surface area contributed by atoms with E-state index < -0.39 is 34.9 Å². The van der Waals surface area contributed by atoms with Crippen molar-refractivity contribution in [2.75, 3.05) is 25.6 Å². The van der Waals surface area contributed by atoms with E-state index in [-0.39, 0.29) is 48.7 Å². The first kappa shape index (κ1) is 30.1. The zero-order valence-electron chi connectivity index (χ0n) is 23.2. The lowest BCUT2D eigenvalue weighted by Gasteiger charge is -2.38. The number of nitriles is 1. The number of alkyl halides is 3. The maximum atomic E-state index is 13.6. The Morgan fingerprint density at radius 2 is 2.02 bits per heavy atom. The lowest BCUT2D eigenvalue weighted by atomic mass is 9.87. The van der Waals surface area contributed by atoms with Crippen LogP contribution in [-0.2, 0) is 30.1 Å². The van der Waals surface area contributed by atoms with Crippen molar-refractivity contribution in [1.29, 1.82) is 5.26 Å². The highest BCUT2D eigenvalue weighted by molar-refractivity contribution is 5.91. The van der Waals surface area contributed by atoms with Crippen LogP contribution in [0, 0.1) is 17.2 Å². The fourth-order valence-corrected chi connectivity index (χ4v) is 4.80. The molecule has 4 rings (SSSR count). The molecular formula is C28H32F3N5O5. The quantitative estimate of drug-likeness (QED) is 0.345. The van der Waals surface area contributed by atoms with Gasteiger partial charge in [0.15, 0.2) is 17.5 Å². The number of aromatic nitrogens is 3. The van der Waals surface area contributed by atoms with Crippen molar-refractivity contribution < 1.29 is 32.2 Å². The molecule has 3 atom stereocenters. The largest absolute Gasteiger partial charge is 0.463 e. The molecule has 13 heteroatoms. The molecule has 0 amide bonds. The molecule has 0 saturated carbocycles. The number of hydrogen-bond donors (Lipinski definition) is 2. The first-order valence-electron chi connectivity index (χ1n) is 13.1. The van der Waals surface area contributed by atoms with Crippen LogP contribution >= 0.6 is 0 Å². The third-order valence-corrected chi connectivity index (χ3v) is 7.36. The van der Waals surface area contributed by atoms with Crippen molar-refractivity contribution in [1.82, 2.24) is 14.8 Å². The van der Waals surface area contributed by atoms with E-state index in [0.29, 0.717) is 17.6 Å². The number of rotatable bonds is 9. The van der Waals surface area contributed by atoms with Crippen LogP contribution in [0.5, 0.6) is 0 Å². The van der Waals surface area contributed by atoms with Crippen LogP contribution in [0.2, 0.25) is 0 Å². The summed E-state index contributed by atoms with van der Waals surface area (Å²) in [5.74, 6) is -0.146. The number of ether oxygens (including phenoxy) is 3. The summed E-state index contributed by atoms with van der Waals surface area (Å²) in [5.41, 5.74) is -3.22. The Hall–Kier alpha value is -3.89. The number of nitrogens with one attached hydrogen (secondary N) is 2. The smallest absolute Gasteiger partial charge is 0.421 e. The number of H-pyrrole nitrogens is 1. The number of benzene rings is 1. The Morgan fingerprint density at radius 3 is 2.59 bits per heavy atom. The Bertz CT molecular complexity index is 1480. The fraction of sp³-hybridized carbons (Fsp3) is 0.500. The molecule has 1 aromatic carbocycles. The molecule has 1 aliphatic heterocycles. The fourth-order valence-electron chi connectivity index (χ4n) is 4.80. The number of carbonyl (C=O) groups excluding carboxylic acids is 1. The summed E-state index contributed by atoms with van der Waals surface area (Å²) in [5, 5.41) is 17.6. The number of anilines is 2. The number of esters is 1. The summed E-state index contributed by atoms with van der Waals surface area (Å²) in [7, 11) is 0.994. The van der Waals surface area contributed by atoms with Gasteiger partial charge in [-0.25, -0.2) is 4.79 Å². The van der Waals surface area contributed by atoms with Crippen LogP contribution in [0.1, 0.15) is 45.6 Å². The van der Waals surface area contributed by atoms with Crippen molar-refractivity contribution in [3.63, 3.8) is 0 Å². The number of hydrogen-bond acceptors (Lipinski definition) is 8. The highest BCUT2D eigenvalue weighted by Crippen LogP contribution is 2.42. The summed E-state index contributed by atoms with van der Waals surface area (Å²) in [4.78, 5) is 28.0. The van der Waals surface area contributed by atoms with Crippen LogP contribution < -0.4 is 10.9 Å². The van der Waals surface area contributed by atoms with E-state index in [1.54, 1.807) is 10.7 Å². The lowest BCUT2D eigenvalue weighted by molar-refractivity contribution is -0.269. The highest BCUT2D eigenvalue weighted by Gasteiger charge is 2.53. The van der Waals surface area contributed by atoms with Gasteiger partial charge < -0.3 is 24.5 Å². The predicted molar refractivity (Wildman–Crippen MR) is 143 cm³/mol. The molecule has 220 valence electrons. The maximum Gasteiger partial charge on any atom is 0.421 e. The second-order valence-electron chi connectivity index (χ2n) is 10.7. The van der Waals surface area contributed by atoms with Crippen molar-refractivity contribution in [2.45, 2.75) is 63.5 Å². The Balaban J connectivity index is 1.66. The van der Waals surface area contributed by atoms with Gasteiger partial charge in [0, 0.05) is 19.0 Å². The van der Waals surface area contributed by atoms with Crippen LogP contribution in [0.25, 0.3) is 10.9 Å². The second-order valence-corrected chi connectivity index (χ2v) is 10.7. The van der Waals surface area contributed by atoms with E-state index in [2.05, 4.69) is 21.5 Å². The number of carbonyl (C=O) groups is 1. The molecule has 10 nitrogen and oxygen atoms in total. The van der Waals surface area contributed by atoms with E-state index in [4.69, 9.17) is 14.2 Å². The average Bonchev–Trinajstić information content (AvgIpc) is 3.31. The second kappa shape index (κ2) is 11.5. The van der Waals surface area contributed by atoms with Gasteiger partial charge >= 0.3 is 12.1 Å². The molecule has 3 heterocycles. The molecule has 0 aliphatic carbocycles. The molecule has 2 aromatic heterocycles. The van der Waals surface area contributed by atoms with Gasteiger partial charge in [-0.3, -0.25) is 9.48 Å². The van der Waals surface area contributed by atoms with Crippen molar-refractivity contribution in [3.8, 4) is 6.07 Å². The minimum Gasteiger partial charge on any atom is -0.463 e. The molecule has 41 heavy (non-hydrogen) atoms. The van der Waals surface area contributed by atoms with Gasteiger partial charge in [0.1, 0.15) is 5.39 Å². The van der Waals surface area contributed by atoms with Crippen LogP contribution in [0.4, 0.5) is 24.7 Å². The summed E-state index contributed by atoms with van der Waals surface area (Å²) in [6.45, 7) is 5.05. The summed E-state index contributed by atoms with van der Waals surface area (Å²) >= 11 is 0. The van der Waals surface area contributed by atoms with Crippen LogP contribution in [0.15, 0.2) is 41.3 Å². The first-order valence-corrected chi connectivity index (χ1v) is 13.1. The molecule has 0 spiro atoms. The van der Waals surface area contributed by atoms with Crippen LogP contribution in [0.3, 0.4) is 0 Å². The standard InChI is InChI=1S/C28H32F3N5O5/c1-17(2)15-40-25(38)21-9-11-27(12-13-32,16-41-21)36-20-10-14-33-24(37)22(20)23(35-36)34-19-7-5-18(6-8-19)26(3,39-4)28(29,30)31/h5-8,10,14,17,21H,9,11-12,15-16H2,1-4H3,(H,33,37)(H,34,35)/t21?,26?,27-/m0/s1. The third-order valence-electron chi connectivity index (χ3n) is 7.36. The van der Waals surface area contributed by atoms with E-state index in [0.717, 1.165) is 14.0 Å². The number of methoxy groups -OCH3 is 1. The number of halogens is 3. The Morgan fingerprint density at radius 1 is 1.32 bits per heavy atom. The van der Waals surface area contributed by atoms with E-state index in [9.17, 15) is 28.0 Å². The van der Waals surface area contributed by atoms with Crippen molar-refractivity contribution >= 4 is 28.4 Å². The van der Waals surface area contributed by atoms with Gasteiger partial charge in [0.05, 0.1) is 36.8 Å². The monoisotopic (exact) mass is 575 g/mol. The third kappa shape index (κ3) is 5.80. The molecule has 2 unspecified atom stereocenters. The summed E-state index contributed by atoms with van der Waals surface area (Å²) in [6, 6.07) is 9.25. The summed E-state index contributed by atoms with van der Waals surface area (Å²) in [6.07, 6.45) is -3.33. The molecule has 1 fully saturated rings. The molecule has 3 aromatic rings. The zero-order valence-corrected chi connectivity index (χ0v) is 23.2. The first-order chi connectivity index (χ1) is 19.3. The Kier molecular flexibility index (Phi) is 8.46. The number of pyridine rings is 1. The molecule has 1 aliphatic rings. The predicted octanol–water partition coefficient (Wildman–Crippen LogP) is 4.88. The van der Waals surface area contributed by atoms with Gasteiger partial charge in [-0.1, -0.05) is 26.0 Å².